The number of sulfonamides is 1. The number of ether oxygens (including phenoxy) is 1. The van der Waals surface area contributed by atoms with Gasteiger partial charge in [0.25, 0.3) is 5.91 Å². The molecule has 0 atom stereocenters. The van der Waals surface area contributed by atoms with E-state index in [9.17, 15) is 13.2 Å². The van der Waals surface area contributed by atoms with Crippen LogP contribution in [0.25, 0.3) is 0 Å². The lowest BCUT2D eigenvalue weighted by Crippen LogP contribution is -2.26. The number of aromatic nitrogens is 2. The van der Waals surface area contributed by atoms with Crippen LogP contribution < -0.4 is 10.1 Å². The van der Waals surface area contributed by atoms with Crippen molar-refractivity contribution >= 4 is 21.6 Å². The third-order valence-corrected chi connectivity index (χ3v) is 6.21. The van der Waals surface area contributed by atoms with Gasteiger partial charge >= 0.3 is 0 Å². The Kier molecular flexibility index (Phi) is 6.44. The van der Waals surface area contributed by atoms with Crippen molar-refractivity contribution in [2.75, 3.05) is 26.5 Å². The van der Waals surface area contributed by atoms with Crippen LogP contribution in [0.4, 0.5) is 5.69 Å². The third kappa shape index (κ3) is 4.79. The molecule has 160 valence electrons. The largest absolute Gasteiger partial charge is 0.495 e. The van der Waals surface area contributed by atoms with Crippen LogP contribution in [0.3, 0.4) is 0 Å². The van der Waals surface area contributed by atoms with Crippen LogP contribution in [0.2, 0.25) is 0 Å². The molecule has 0 aliphatic heterocycles. The maximum atomic E-state index is 12.8. The molecular weight excluding hydrogens is 392 g/mol. The van der Waals surface area contributed by atoms with E-state index in [2.05, 4.69) is 10.4 Å². The van der Waals surface area contributed by atoms with E-state index in [1.165, 1.54) is 33.3 Å². The van der Waals surface area contributed by atoms with Crippen molar-refractivity contribution in [2.45, 2.75) is 51.0 Å². The van der Waals surface area contributed by atoms with E-state index in [0.717, 1.165) is 10.00 Å². The highest BCUT2D eigenvalue weighted by Gasteiger charge is 2.25. The Morgan fingerprint density at radius 2 is 1.83 bits per heavy atom. The first kappa shape index (κ1) is 22.9. The number of benzene rings is 1. The summed E-state index contributed by atoms with van der Waals surface area (Å²) in [7, 11) is 0.533. The first-order chi connectivity index (χ1) is 13.3. The summed E-state index contributed by atoms with van der Waals surface area (Å²) in [5.74, 6) is -0.00910. The molecule has 0 saturated heterocycles. The zero-order valence-electron chi connectivity index (χ0n) is 18.3. The first-order valence-corrected chi connectivity index (χ1v) is 10.8. The van der Waals surface area contributed by atoms with Gasteiger partial charge in [-0.25, -0.2) is 12.7 Å². The molecule has 8 nitrogen and oxygen atoms in total. The average Bonchev–Trinajstić information content (AvgIpc) is 3.07. The van der Waals surface area contributed by atoms with Gasteiger partial charge in [0.15, 0.2) is 5.69 Å². The maximum absolute atomic E-state index is 12.8. The Morgan fingerprint density at radius 1 is 1.21 bits per heavy atom. The van der Waals surface area contributed by atoms with Crippen molar-refractivity contribution in [3.05, 3.63) is 35.7 Å². The molecule has 2 rings (SSSR count). The molecular formula is C20H30N4O4S. The molecule has 0 bridgehead atoms. The summed E-state index contributed by atoms with van der Waals surface area (Å²) in [5.41, 5.74) is 1.29. The number of rotatable bonds is 6. The van der Waals surface area contributed by atoms with Crippen LogP contribution in [0.15, 0.2) is 29.2 Å². The van der Waals surface area contributed by atoms with E-state index >= 15 is 0 Å². The Morgan fingerprint density at radius 3 is 2.28 bits per heavy atom. The van der Waals surface area contributed by atoms with E-state index in [4.69, 9.17) is 4.74 Å². The predicted molar refractivity (Wildman–Crippen MR) is 113 cm³/mol. The van der Waals surface area contributed by atoms with Gasteiger partial charge in [-0.1, -0.05) is 13.8 Å². The molecule has 29 heavy (non-hydrogen) atoms. The van der Waals surface area contributed by atoms with Gasteiger partial charge in [-0.15, -0.1) is 0 Å². The molecule has 0 aliphatic rings. The second-order valence-electron chi connectivity index (χ2n) is 8.30. The number of hydrogen-bond donors (Lipinski definition) is 1. The highest BCUT2D eigenvalue weighted by molar-refractivity contribution is 7.89. The zero-order valence-corrected chi connectivity index (χ0v) is 19.1. The summed E-state index contributed by atoms with van der Waals surface area (Å²) in [6, 6.07) is 6.26. The maximum Gasteiger partial charge on any atom is 0.276 e. The van der Waals surface area contributed by atoms with E-state index in [1.807, 2.05) is 39.3 Å². The van der Waals surface area contributed by atoms with Crippen LogP contribution in [-0.2, 0) is 15.6 Å². The standard InChI is InChI=1S/C20H30N4O4S/c1-13(2)16-12-15(22-24(16)20(3,4)5)19(25)21-14-9-10-17(28-8)18(11-14)29(26,27)23(6)7/h9-13H,1-8H3,(H,21,25). The van der Waals surface area contributed by atoms with E-state index < -0.39 is 15.9 Å². The van der Waals surface area contributed by atoms with Crippen molar-refractivity contribution in [2.24, 2.45) is 0 Å². The monoisotopic (exact) mass is 422 g/mol. The average molecular weight is 423 g/mol. The highest BCUT2D eigenvalue weighted by Crippen LogP contribution is 2.29. The molecule has 1 aromatic carbocycles. The van der Waals surface area contributed by atoms with E-state index in [1.54, 1.807) is 12.1 Å². The molecule has 0 fully saturated rings. The molecule has 1 amide bonds. The number of nitrogens with one attached hydrogen (secondary N) is 1. The minimum atomic E-state index is -3.74. The summed E-state index contributed by atoms with van der Waals surface area (Å²) in [6.45, 7) is 10.2. The van der Waals surface area contributed by atoms with Crippen LogP contribution in [0, 0.1) is 0 Å². The summed E-state index contributed by atoms with van der Waals surface area (Å²) in [5, 5.41) is 7.22. The molecule has 1 aromatic heterocycles. The second-order valence-corrected chi connectivity index (χ2v) is 10.4. The topological polar surface area (TPSA) is 93.5 Å². The minimum Gasteiger partial charge on any atom is -0.495 e. The van der Waals surface area contributed by atoms with Gasteiger partial charge in [-0.2, -0.15) is 5.10 Å². The normalized spacial score (nSPS) is 12.5. The zero-order chi connectivity index (χ0) is 22.1. The molecule has 2 aromatic rings. The predicted octanol–water partition coefficient (Wildman–Crippen LogP) is 3.27. The summed E-state index contributed by atoms with van der Waals surface area (Å²) in [6.07, 6.45) is 0. The fraction of sp³-hybridized carbons (Fsp3) is 0.500. The number of amides is 1. The minimum absolute atomic E-state index is 0.0223. The number of carbonyl (C=O) groups is 1. The Bertz CT molecular complexity index is 1000. The lowest BCUT2D eigenvalue weighted by atomic mass is 10.1. The van der Waals surface area contributed by atoms with Gasteiger partial charge in [0, 0.05) is 25.5 Å². The number of carbonyl (C=O) groups excluding carboxylic acids is 1. The van der Waals surface area contributed by atoms with Gasteiger partial charge in [0.05, 0.1) is 12.6 Å². The smallest absolute Gasteiger partial charge is 0.276 e. The SMILES string of the molecule is COc1ccc(NC(=O)c2cc(C(C)C)n(C(C)(C)C)n2)cc1S(=O)(=O)N(C)C. The van der Waals surface area contributed by atoms with E-state index in [0.29, 0.717) is 5.69 Å². The number of anilines is 1. The molecule has 0 radical (unpaired) electrons. The second kappa shape index (κ2) is 8.16. The number of nitrogens with zero attached hydrogens (tertiary/aromatic N) is 3. The van der Waals surface area contributed by atoms with E-state index in [-0.39, 0.29) is 27.8 Å². The fourth-order valence-electron chi connectivity index (χ4n) is 2.80. The van der Waals surface area contributed by atoms with Gasteiger partial charge in [0.2, 0.25) is 10.0 Å². The molecule has 9 heteroatoms. The Hall–Kier alpha value is -2.39. The van der Waals surface area contributed by atoms with Gasteiger partial charge in [-0.05, 0) is 51.0 Å². The summed E-state index contributed by atoms with van der Waals surface area (Å²) < 4.78 is 33.3. The lowest BCUT2D eigenvalue weighted by molar-refractivity contribution is 0.102. The molecule has 0 unspecified atom stereocenters. The molecule has 1 heterocycles. The van der Waals surface area contributed by atoms with Crippen LogP contribution in [0.5, 0.6) is 5.75 Å². The van der Waals surface area contributed by atoms with Crippen molar-refractivity contribution in [3.63, 3.8) is 0 Å². The van der Waals surface area contributed by atoms with Crippen LogP contribution >= 0.6 is 0 Å². The van der Waals surface area contributed by atoms with Crippen molar-refractivity contribution < 1.29 is 17.9 Å². The lowest BCUT2D eigenvalue weighted by Gasteiger charge is -2.23. The fourth-order valence-corrected chi connectivity index (χ4v) is 3.88. The molecule has 0 spiro atoms. The van der Waals surface area contributed by atoms with Crippen molar-refractivity contribution in [3.8, 4) is 5.75 Å². The Balaban J connectivity index is 2.42. The number of methoxy groups -OCH3 is 1. The summed E-state index contributed by atoms with van der Waals surface area (Å²) >= 11 is 0. The highest BCUT2D eigenvalue weighted by atomic mass is 32.2. The third-order valence-electron chi connectivity index (χ3n) is 4.38. The first-order valence-electron chi connectivity index (χ1n) is 9.31. The quantitative estimate of drug-likeness (QED) is 0.771. The molecule has 0 aliphatic carbocycles. The van der Waals surface area contributed by atoms with Gasteiger partial charge in [0.1, 0.15) is 10.6 Å². The van der Waals surface area contributed by atoms with Gasteiger partial charge in [-0.3, -0.25) is 9.48 Å². The molecule has 1 N–H and O–H groups in total. The van der Waals surface area contributed by atoms with Crippen molar-refractivity contribution in [1.82, 2.24) is 14.1 Å². The van der Waals surface area contributed by atoms with Gasteiger partial charge < -0.3 is 10.1 Å². The number of hydrogen-bond acceptors (Lipinski definition) is 5. The van der Waals surface area contributed by atoms with Crippen molar-refractivity contribution in [1.29, 1.82) is 0 Å². The van der Waals surface area contributed by atoms with Crippen LogP contribution in [-0.4, -0.2) is 49.6 Å². The van der Waals surface area contributed by atoms with Crippen LogP contribution in [0.1, 0.15) is 56.7 Å². The molecule has 0 saturated carbocycles. The Labute approximate surface area is 172 Å². The summed E-state index contributed by atoms with van der Waals surface area (Å²) in [4.78, 5) is 12.8.